The maximum absolute atomic E-state index is 5.23. The molecular formula is C22H28O. The fourth-order valence-corrected chi connectivity index (χ4v) is 3.92. The van der Waals surface area contributed by atoms with Crippen LogP contribution in [0, 0.1) is 5.92 Å². The van der Waals surface area contributed by atoms with Gasteiger partial charge in [-0.3, -0.25) is 0 Å². The second-order valence-corrected chi connectivity index (χ2v) is 6.86. The van der Waals surface area contributed by atoms with E-state index >= 15 is 0 Å². The minimum absolute atomic E-state index is 0.771. The fourth-order valence-electron chi connectivity index (χ4n) is 3.92. The minimum Gasteiger partial charge on any atom is -0.497 e. The Balaban J connectivity index is 1.65. The summed E-state index contributed by atoms with van der Waals surface area (Å²) in [5, 5.41) is 0. The molecule has 3 rings (SSSR count). The van der Waals surface area contributed by atoms with Crippen LogP contribution in [0.1, 0.15) is 56.9 Å². The molecule has 0 heterocycles. The van der Waals surface area contributed by atoms with Crippen molar-refractivity contribution in [2.24, 2.45) is 5.92 Å². The van der Waals surface area contributed by atoms with Gasteiger partial charge in [0.1, 0.15) is 5.75 Å². The van der Waals surface area contributed by atoms with Gasteiger partial charge >= 0.3 is 0 Å². The van der Waals surface area contributed by atoms with Gasteiger partial charge in [0, 0.05) is 0 Å². The van der Waals surface area contributed by atoms with E-state index in [1.54, 1.807) is 7.11 Å². The fraction of sp³-hybridized carbons (Fsp3) is 0.455. The summed E-state index contributed by atoms with van der Waals surface area (Å²) in [6.07, 6.45) is 8.32. The summed E-state index contributed by atoms with van der Waals surface area (Å²) in [7, 11) is 1.71. The summed E-state index contributed by atoms with van der Waals surface area (Å²) < 4.78 is 5.23. The molecule has 0 atom stereocenters. The molecule has 1 saturated carbocycles. The van der Waals surface area contributed by atoms with Crippen LogP contribution >= 0.6 is 0 Å². The number of hydrogen-bond donors (Lipinski definition) is 0. The maximum Gasteiger partial charge on any atom is 0.118 e. The molecule has 1 aliphatic rings. The molecule has 0 N–H and O–H groups in total. The van der Waals surface area contributed by atoms with Gasteiger partial charge in [-0.2, -0.15) is 0 Å². The second-order valence-electron chi connectivity index (χ2n) is 6.86. The molecule has 0 unspecified atom stereocenters. The number of hydrogen-bond acceptors (Lipinski definition) is 1. The molecule has 122 valence electrons. The first-order valence-corrected chi connectivity index (χ1v) is 9.04. The van der Waals surface area contributed by atoms with E-state index in [4.69, 9.17) is 4.74 Å². The Bertz CT molecular complexity index is 589. The van der Waals surface area contributed by atoms with Crippen molar-refractivity contribution in [2.75, 3.05) is 7.11 Å². The lowest BCUT2D eigenvalue weighted by atomic mass is 9.77. The molecule has 23 heavy (non-hydrogen) atoms. The molecule has 1 nitrogen and oxygen atoms in total. The van der Waals surface area contributed by atoms with Crippen LogP contribution in [-0.4, -0.2) is 7.11 Å². The lowest BCUT2D eigenvalue weighted by Crippen LogP contribution is -2.13. The number of benzene rings is 2. The third kappa shape index (κ3) is 3.96. The SMILES string of the molecule is CCCC1CCC(c2ccc(-c3ccc(OC)cc3)cc2)CC1. The van der Waals surface area contributed by atoms with E-state index in [2.05, 4.69) is 43.3 Å². The van der Waals surface area contributed by atoms with Crippen molar-refractivity contribution in [3.63, 3.8) is 0 Å². The Morgan fingerprint density at radius 2 is 1.39 bits per heavy atom. The highest BCUT2D eigenvalue weighted by Crippen LogP contribution is 2.38. The highest BCUT2D eigenvalue weighted by molar-refractivity contribution is 5.64. The molecule has 0 radical (unpaired) electrons. The van der Waals surface area contributed by atoms with Gasteiger partial charge in [0.25, 0.3) is 0 Å². The molecule has 2 aromatic carbocycles. The van der Waals surface area contributed by atoms with E-state index in [1.165, 1.54) is 55.2 Å². The first-order valence-electron chi connectivity index (χ1n) is 9.04. The lowest BCUT2D eigenvalue weighted by Gasteiger charge is -2.28. The molecular weight excluding hydrogens is 280 g/mol. The predicted molar refractivity (Wildman–Crippen MR) is 98.0 cm³/mol. The summed E-state index contributed by atoms with van der Waals surface area (Å²) in [5.41, 5.74) is 4.07. The molecule has 0 spiro atoms. The van der Waals surface area contributed by atoms with Gasteiger partial charge in [-0.1, -0.05) is 56.2 Å². The Morgan fingerprint density at radius 1 is 0.826 bits per heavy atom. The first-order chi connectivity index (χ1) is 11.3. The molecule has 1 fully saturated rings. The summed E-state index contributed by atoms with van der Waals surface area (Å²) in [6.45, 7) is 2.31. The van der Waals surface area contributed by atoms with Crippen molar-refractivity contribution >= 4 is 0 Å². The Hall–Kier alpha value is -1.76. The third-order valence-corrected chi connectivity index (χ3v) is 5.35. The van der Waals surface area contributed by atoms with Gasteiger partial charge in [0.2, 0.25) is 0 Å². The van der Waals surface area contributed by atoms with E-state index in [-0.39, 0.29) is 0 Å². The van der Waals surface area contributed by atoms with Gasteiger partial charge in [-0.25, -0.2) is 0 Å². The average Bonchev–Trinajstić information content (AvgIpc) is 2.63. The van der Waals surface area contributed by atoms with Crippen molar-refractivity contribution in [1.29, 1.82) is 0 Å². The van der Waals surface area contributed by atoms with Crippen LogP contribution in [0.4, 0.5) is 0 Å². The van der Waals surface area contributed by atoms with Crippen molar-refractivity contribution < 1.29 is 4.74 Å². The molecule has 0 amide bonds. The van der Waals surface area contributed by atoms with Crippen LogP contribution in [0.25, 0.3) is 11.1 Å². The molecule has 0 aromatic heterocycles. The summed E-state index contributed by atoms with van der Waals surface area (Å²) >= 11 is 0. The van der Waals surface area contributed by atoms with Crippen molar-refractivity contribution in [2.45, 2.75) is 51.4 Å². The van der Waals surface area contributed by atoms with Crippen LogP contribution in [0.5, 0.6) is 5.75 Å². The number of rotatable bonds is 5. The Morgan fingerprint density at radius 3 is 1.91 bits per heavy atom. The predicted octanol–water partition coefficient (Wildman–Crippen LogP) is 6.44. The van der Waals surface area contributed by atoms with Gasteiger partial charge in [0.15, 0.2) is 0 Å². The quantitative estimate of drug-likeness (QED) is 0.618. The lowest BCUT2D eigenvalue weighted by molar-refractivity contribution is 0.308. The van der Waals surface area contributed by atoms with E-state index in [1.807, 2.05) is 12.1 Å². The van der Waals surface area contributed by atoms with Crippen LogP contribution < -0.4 is 4.74 Å². The third-order valence-electron chi connectivity index (χ3n) is 5.35. The van der Waals surface area contributed by atoms with E-state index in [0.717, 1.165) is 17.6 Å². The first kappa shape index (κ1) is 16.1. The molecule has 0 aliphatic heterocycles. The number of ether oxygens (including phenoxy) is 1. The maximum atomic E-state index is 5.23. The summed E-state index contributed by atoms with van der Waals surface area (Å²) in [5.74, 6) is 2.66. The van der Waals surface area contributed by atoms with Crippen LogP contribution in [0.2, 0.25) is 0 Å². The second kappa shape index (κ2) is 7.68. The average molecular weight is 308 g/mol. The highest BCUT2D eigenvalue weighted by atomic mass is 16.5. The molecule has 2 aromatic rings. The van der Waals surface area contributed by atoms with Crippen LogP contribution in [0.3, 0.4) is 0 Å². The van der Waals surface area contributed by atoms with Crippen molar-refractivity contribution in [3.8, 4) is 16.9 Å². The monoisotopic (exact) mass is 308 g/mol. The van der Waals surface area contributed by atoms with Crippen molar-refractivity contribution in [1.82, 2.24) is 0 Å². The smallest absolute Gasteiger partial charge is 0.118 e. The van der Waals surface area contributed by atoms with E-state index < -0.39 is 0 Å². The topological polar surface area (TPSA) is 9.23 Å². The zero-order chi connectivity index (χ0) is 16.1. The molecule has 1 aliphatic carbocycles. The summed E-state index contributed by atoms with van der Waals surface area (Å²) in [6, 6.07) is 17.5. The number of methoxy groups -OCH3 is 1. The standard InChI is InChI=1S/C22H28O/c1-3-4-17-5-7-18(8-6-17)19-9-11-20(12-10-19)21-13-15-22(23-2)16-14-21/h9-18H,3-8H2,1-2H3. The highest BCUT2D eigenvalue weighted by Gasteiger charge is 2.21. The zero-order valence-corrected chi connectivity index (χ0v) is 14.4. The Kier molecular flexibility index (Phi) is 5.38. The normalized spacial score (nSPS) is 21.1. The zero-order valence-electron chi connectivity index (χ0n) is 14.4. The molecule has 0 bridgehead atoms. The molecule has 0 saturated heterocycles. The Labute approximate surface area is 140 Å². The molecule has 1 heteroatoms. The van der Waals surface area contributed by atoms with Gasteiger partial charge in [0.05, 0.1) is 7.11 Å². The van der Waals surface area contributed by atoms with Gasteiger partial charge in [-0.15, -0.1) is 0 Å². The van der Waals surface area contributed by atoms with Gasteiger partial charge < -0.3 is 4.74 Å². The minimum atomic E-state index is 0.771. The largest absolute Gasteiger partial charge is 0.497 e. The van der Waals surface area contributed by atoms with E-state index in [9.17, 15) is 0 Å². The van der Waals surface area contributed by atoms with E-state index in [0.29, 0.717) is 0 Å². The van der Waals surface area contributed by atoms with Crippen molar-refractivity contribution in [3.05, 3.63) is 54.1 Å². The van der Waals surface area contributed by atoms with Crippen LogP contribution in [-0.2, 0) is 0 Å². The summed E-state index contributed by atoms with van der Waals surface area (Å²) in [4.78, 5) is 0. The van der Waals surface area contributed by atoms with Crippen LogP contribution in [0.15, 0.2) is 48.5 Å². The van der Waals surface area contributed by atoms with Gasteiger partial charge in [-0.05, 0) is 66.3 Å².